The average molecular weight is 369 g/mol. The molecule has 2 fully saturated rings. The Morgan fingerprint density at radius 3 is 2.46 bits per heavy atom. The van der Waals surface area contributed by atoms with Gasteiger partial charge in [0.05, 0.1) is 10.3 Å². The van der Waals surface area contributed by atoms with E-state index in [2.05, 4.69) is 12.1 Å². The average Bonchev–Trinajstić information content (AvgIpc) is 3.27. The van der Waals surface area contributed by atoms with Crippen molar-refractivity contribution in [3.8, 4) is 0 Å². The van der Waals surface area contributed by atoms with E-state index in [1.165, 1.54) is 5.56 Å². The van der Waals surface area contributed by atoms with Crippen LogP contribution in [0.4, 0.5) is 0 Å². The fourth-order valence-electron chi connectivity index (χ4n) is 4.12. The number of amides is 1. The van der Waals surface area contributed by atoms with Gasteiger partial charge in [0.15, 0.2) is 0 Å². The van der Waals surface area contributed by atoms with E-state index >= 15 is 0 Å². The Bertz CT molecular complexity index is 921. The van der Waals surface area contributed by atoms with Crippen LogP contribution in [0.1, 0.15) is 30.4 Å². The Balaban J connectivity index is 1.45. The first kappa shape index (κ1) is 17.3. The molecular formula is C21H23NO3S. The standard InChI is InChI=1S/C21H23NO3S/c1-16-9-11-19(12-10-16)26(24,25)22-15-18-14-21(18,20(22)23)13-5-8-17-6-3-2-4-7-17/h2-4,6-7,9-12,18H,5,8,13-15H2,1H3. The number of piperidine rings is 1. The van der Waals surface area contributed by atoms with E-state index in [-0.39, 0.29) is 16.7 Å². The van der Waals surface area contributed by atoms with E-state index in [9.17, 15) is 13.2 Å². The lowest BCUT2D eigenvalue weighted by atomic mass is 9.95. The molecule has 0 bridgehead atoms. The molecular weight excluding hydrogens is 346 g/mol. The zero-order valence-electron chi connectivity index (χ0n) is 14.9. The molecule has 0 spiro atoms. The molecule has 1 saturated heterocycles. The molecule has 5 heteroatoms. The van der Waals surface area contributed by atoms with E-state index < -0.39 is 15.4 Å². The second-order valence-corrected chi connectivity index (χ2v) is 9.41. The first-order valence-corrected chi connectivity index (χ1v) is 10.6. The maximum absolute atomic E-state index is 12.9. The molecule has 0 radical (unpaired) electrons. The lowest BCUT2D eigenvalue weighted by Gasteiger charge is -2.21. The third-order valence-corrected chi connectivity index (χ3v) is 7.57. The SMILES string of the molecule is Cc1ccc(S(=O)(=O)N2CC3CC3(CCCc3ccccc3)C2=O)cc1. The molecule has 2 aromatic rings. The molecule has 4 nitrogen and oxygen atoms in total. The minimum absolute atomic E-state index is 0.186. The number of fused-ring (bicyclic) bond motifs is 1. The molecule has 1 amide bonds. The fourth-order valence-corrected chi connectivity index (χ4v) is 5.63. The highest BCUT2D eigenvalue weighted by Crippen LogP contribution is 2.62. The summed E-state index contributed by atoms with van der Waals surface area (Å²) in [5, 5.41) is 0. The van der Waals surface area contributed by atoms with Crippen molar-refractivity contribution in [1.82, 2.24) is 4.31 Å². The molecule has 2 atom stereocenters. The van der Waals surface area contributed by atoms with Crippen molar-refractivity contribution in [3.05, 3.63) is 65.7 Å². The van der Waals surface area contributed by atoms with Gasteiger partial charge >= 0.3 is 0 Å². The van der Waals surface area contributed by atoms with Crippen molar-refractivity contribution in [2.75, 3.05) is 6.54 Å². The minimum atomic E-state index is -3.74. The second-order valence-electron chi connectivity index (χ2n) is 7.55. The summed E-state index contributed by atoms with van der Waals surface area (Å²) in [6.45, 7) is 2.24. The van der Waals surface area contributed by atoms with Crippen LogP contribution in [0.5, 0.6) is 0 Å². The van der Waals surface area contributed by atoms with E-state index in [0.29, 0.717) is 6.54 Å². The molecule has 0 aromatic heterocycles. The Hall–Kier alpha value is -2.14. The molecule has 1 aliphatic carbocycles. The summed E-state index contributed by atoms with van der Waals surface area (Å²) in [6.07, 6.45) is 3.43. The molecule has 4 rings (SSSR count). The largest absolute Gasteiger partial charge is 0.273 e. The highest BCUT2D eigenvalue weighted by Gasteiger charge is 2.67. The van der Waals surface area contributed by atoms with Crippen molar-refractivity contribution in [1.29, 1.82) is 0 Å². The van der Waals surface area contributed by atoms with Crippen LogP contribution in [-0.4, -0.2) is 25.2 Å². The monoisotopic (exact) mass is 369 g/mol. The lowest BCUT2D eigenvalue weighted by Crippen LogP contribution is -2.37. The van der Waals surface area contributed by atoms with Crippen molar-refractivity contribution in [2.45, 2.75) is 37.5 Å². The summed E-state index contributed by atoms with van der Waals surface area (Å²) in [5.74, 6) is -0.0119. The van der Waals surface area contributed by atoms with E-state index in [0.717, 1.165) is 35.6 Å². The number of hydrogen-bond acceptors (Lipinski definition) is 3. The van der Waals surface area contributed by atoms with Gasteiger partial charge in [-0.15, -0.1) is 0 Å². The van der Waals surface area contributed by atoms with Gasteiger partial charge in [0.1, 0.15) is 0 Å². The van der Waals surface area contributed by atoms with Crippen LogP contribution >= 0.6 is 0 Å². The van der Waals surface area contributed by atoms with Crippen LogP contribution in [0.2, 0.25) is 0 Å². The fraction of sp³-hybridized carbons (Fsp3) is 0.381. The number of aryl methyl sites for hydroxylation is 2. The molecule has 0 N–H and O–H groups in total. The number of benzene rings is 2. The van der Waals surface area contributed by atoms with E-state index in [1.54, 1.807) is 24.3 Å². The molecule has 26 heavy (non-hydrogen) atoms. The van der Waals surface area contributed by atoms with Crippen molar-refractivity contribution >= 4 is 15.9 Å². The van der Waals surface area contributed by atoms with Gasteiger partial charge in [0.25, 0.3) is 10.0 Å². The summed E-state index contributed by atoms with van der Waals surface area (Å²) in [5.41, 5.74) is 1.82. The topological polar surface area (TPSA) is 54.5 Å². The molecule has 2 unspecified atom stereocenters. The van der Waals surface area contributed by atoms with Gasteiger partial charge < -0.3 is 0 Å². The summed E-state index contributed by atoms with van der Waals surface area (Å²) in [7, 11) is -3.74. The van der Waals surface area contributed by atoms with Crippen LogP contribution in [0.15, 0.2) is 59.5 Å². The van der Waals surface area contributed by atoms with Crippen LogP contribution in [0, 0.1) is 18.3 Å². The summed E-state index contributed by atoms with van der Waals surface area (Å²) in [4.78, 5) is 13.2. The number of hydrogen-bond donors (Lipinski definition) is 0. The Morgan fingerprint density at radius 1 is 1.08 bits per heavy atom. The van der Waals surface area contributed by atoms with Crippen molar-refractivity contribution in [2.24, 2.45) is 11.3 Å². The second kappa shape index (κ2) is 6.23. The quantitative estimate of drug-likeness (QED) is 0.782. The third kappa shape index (κ3) is 2.84. The van der Waals surface area contributed by atoms with Gasteiger partial charge in [0.2, 0.25) is 5.91 Å². The third-order valence-electron chi connectivity index (χ3n) is 5.81. The zero-order valence-corrected chi connectivity index (χ0v) is 15.7. The van der Waals surface area contributed by atoms with E-state index in [1.807, 2.05) is 25.1 Å². The predicted octanol–water partition coefficient (Wildman–Crippen LogP) is 3.56. The highest BCUT2D eigenvalue weighted by atomic mass is 32.2. The van der Waals surface area contributed by atoms with Gasteiger partial charge in [0, 0.05) is 6.54 Å². The van der Waals surface area contributed by atoms with Crippen molar-refractivity contribution in [3.63, 3.8) is 0 Å². The molecule has 136 valence electrons. The molecule has 2 aromatic carbocycles. The number of carbonyl (C=O) groups is 1. The van der Waals surface area contributed by atoms with Crippen LogP contribution in [-0.2, 0) is 21.2 Å². The zero-order chi connectivity index (χ0) is 18.4. The smallest absolute Gasteiger partial charge is 0.266 e. The lowest BCUT2D eigenvalue weighted by molar-refractivity contribution is -0.129. The van der Waals surface area contributed by atoms with Crippen LogP contribution in [0.25, 0.3) is 0 Å². The minimum Gasteiger partial charge on any atom is -0.273 e. The van der Waals surface area contributed by atoms with Crippen molar-refractivity contribution < 1.29 is 13.2 Å². The highest BCUT2D eigenvalue weighted by molar-refractivity contribution is 7.89. The Labute approximate surface area is 154 Å². The van der Waals surface area contributed by atoms with Gasteiger partial charge in [-0.2, -0.15) is 0 Å². The number of rotatable bonds is 6. The number of sulfonamides is 1. The van der Waals surface area contributed by atoms with Gasteiger partial charge in [-0.1, -0.05) is 48.0 Å². The van der Waals surface area contributed by atoms with Crippen LogP contribution in [0.3, 0.4) is 0 Å². The van der Waals surface area contributed by atoms with Gasteiger partial charge in [-0.3, -0.25) is 4.79 Å². The summed E-state index contributed by atoms with van der Waals surface area (Å²) in [6, 6.07) is 16.9. The molecule has 2 aliphatic rings. The summed E-state index contributed by atoms with van der Waals surface area (Å²) >= 11 is 0. The van der Waals surface area contributed by atoms with E-state index in [4.69, 9.17) is 0 Å². The van der Waals surface area contributed by atoms with Crippen LogP contribution < -0.4 is 0 Å². The van der Waals surface area contributed by atoms with Gasteiger partial charge in [-0.25, -0.2) is 12.7 Å². The molecule has 1 aliphatic heterocycles. The maximum atomic E-state index is 12.9. The normalized spacial score (nSPS) is 24.6. The number of nitrogens with zero attached hydrogens (tertiary/aromatic N) is 1. The first-order valence-electron chi connectivity index (χ1n) is 9.11. The van der Waals surface area contributed by atoms with Gasteiger partial charge in [-0.05, 0) is 56.2 Å². The first-order chi connectivity index (χ1) is 12.4. The Kier molecular flexibility index (Phi) is 4.14. The molecule has 1 saturated carbocycles. The predicted molar refractivity (Wildman–Crippen MR) is 100.0 cm³/mol. The summed E-state index contributed by atoms with van der Waals surface area (Å²) < 4.78 is 26.8. The Morgan fingerprint density at radius 2 is 1.77 bits per heavy atom. The maximum Gasteiger partial charge on any atom is 0.266 e. The number of carbonyl (C=O) groups excluding carboxylic acids is 1. The molecule has 1 heterocycles.